The van der Waals surface area contributed by atoms with E-state index < -0.39 is 10.0 Å². The molecule has 1 saturated heterocycles. The van der Waals surface area contributed by atoms with Gasteiger partial charge in [-0.3, -0.25) is 4.79 Å². The zero-order valence-electron chi connectivity index (χ0n) is 15.7. The number of carbonyl (C=O) groups is 1. The number of carbonyl (C=O) groups excluding carboxylic acids is 1. The summed E-state index contributed by atoms with van der Waals surface area (Å²) >= 11 is 6.19. The molecule has 1 heterocycles. The summed E-state index contributed by atoms with van der Waals surface area (Å²) in [5.74, 6) is 0.0869. The fraction of sp³-hybridized carbons (Fsp3) is 0.526. The van der Waals surface area contributed by atoms with Gasteiger partial charge in [0, 0.05) is 31.7 Å². The van der Waals surface area contributed by atoms with Crippen molar-refractivity contribution in [3.05, 3.63) is 40.9 Å². The number of piperidine rings is 1. The highest BCUT2D eigenvalue weighted by molar-refractivity contribution is 7.89. The molecule has 0 saturated carbocycles. The van der Waals surface area contributed by atoms with Gasteiger partial charge in [0.25, 0.3) is 5.91 Å². The van der Waals surface area contributed by atoms with Crippen molar-refractivity contribution in [3.63, 3.8) is 0 Å². The summed E-state index contributed by atoms with van der Waals surface area (Å²) in [6.07, 6.45) is 1.85. The molecule has 1 aliphatic heterocycles. The third-order valence-corrected chi connectivity index (χ3v) is 6.89. The zero-order valence-corrected chi connectivity index (χ0v) is 17.2. The van der Waals surface area contributed by atoms with Gasteiger partial charge in [-0.05, 0) is 50.8 Å². The molecule has 2 rings (SSSR count). The first-order chi connectivity index (χ1) is 12.2. The Bertz CT molecular complexity index is 792. The predicted octanol–water partition coefficient (Wildman–Crippen LogP) is 3.80. The monoisotopic (exact) mass is 398 g/mol. The van der Waals surface area contributed by atoms with Crippen LogP contribution in [0.3, 0.4) is 0 Å². The van der Waals surface area contributed by atoms with Crippen LogP contribution in [-0.2, 0) is 10.0 Å². The van der Waals surface area contributed by atoms with E-state index in [1.54, 1.807) is 11.0 Å². The molecule has 5 nitrogen and oxygen atoms in total. The van der Waals surface area contributed by atoms with Crippen LogP contribution >= 0.6 is 11.6 Å². The Balaban J connectivity index is 2.37. The van der Waals surface area contributed by atoms with E-state index in [0.29, 0.717) is 37.7 Å². The summed E-state index contributed by atoms with van der Waals surface area (Å²) in [5, 5.41) is 0.141. The van der Waals surface area contributed by atoms with E-state index in [9.17, 15) is 13.2 Å². The molecule has 0 N–H and O–H groups in total. The molecule has 1 aromatic carbocycles. The van der Waals surface area contributed by atoms with Gasteiger partial charge in [0.15, 0.2) is 0 Å². The van der Waals surface area contributed by atoms with Crippen molar-refractivity contribution in [1.29, 1.82) is 0 Å². The van der Waals surface area contributed by atoms with Crippen molar-refractivity contribution in [2.45, 2.75) is 38.5 Å². The molecule has 144 valence electrons. The molecule has 0 aliphatic carbocycles. The molecule has 7 heteroatoms. The zero-order chi connectivity index (χ0) is 19.5. The third-order valence-electron chi connectivity index (χ3n) is 4.55. The van der Waals surface area contributed by atoms with Crippen molar-refractivity contribution in [3.8, 4) is 0 Å². The Labute approximate surface area is 161 Å². The minimum absolute atomic E-state index is 0.00509. The lowest BCUT2D eigenvalue weighted by Crippen LogP contribution is -2.39. The topological polar surface area (TPSA) is 57.7 Å². The van der Waals surface area contributed by atoms with Crippen molar-refractivity contribution >= 4 is 27.5 Å². The molecule has 0 unspecified atom stereocenters. The maximum atomic E-state index is 13.0. The second kappa shape index (κ2) is 8.55. The minimum atomic E-state index is -3.72. The summed E-state index contributed by atoms with van der Waals surface area (Å²) in [6.45, 7) is 11.5. The number of benzene rings is 1. The normalized spacial score (nSPS) is 18.5. The predicted molar refractivity (Wildman–Crippen MR) is 105 cm³/mol. The van der Waals surface area contributed by atoms with Crippen LogP contribution in [0.2, 0.25) is 5.02 Å². The molecule has 0 aromatic heterocycles. The molecule has 0 spiro atoms. The van der Waals surface area contributed by atoms with Gasteiger partial charge >= 0.3 is 0 Å². The Morgan fingerprint density at radius 3 is 2.69 bits per heavy atom. The van der Waals surface area contributed by atoms with Crippen LogP contribution in [0.5, 0.6) is 0 Å². The van der Waals surface area contributed by atoms with Crippen molar-refractivity contribution in [1.82, 2.24) is 9.21 Å². The third kappa shape index (κ3) is 4.67. The molecular weight excluding hydrogens is 372 g/mol. The van der Waals surface area contributed by atoms with Crippen molar-refractivity contribution in [2.24, 2.45) is 5.92 Å². The second-order valence-corrected chi connectivity index (χ2v) is 9.35. The van der Waals surface area contributed by atoms with Gasteiger partial charge in [-0.25, -0.2) is 8.42 Å². The van der Waals surface area contributed by atoms with E-state index >= 15 is 0 Å². The van der Waals surface area contributed by atoms with Crippen LogP contribution in [0.15, 0.2) is 35.2 Å². The average Bonchev–Trinajstić information content (AvgIpc) is 2.59. The van der Waals surface area contributed by atoms with Gasteiger partial charge in [-0.15, -0.1) is 0 Å². The quantitative estimate of drug-likeness (QED) is 0.685. The first-order valence-corrected chi connectivity index (χ1v) is 10.7. The van der Waals surface area contributed by atoms with Gasteiger partial charge in [-0.2, -0.15) is 4.31 Å². The maximum Gasteiger partial charge on any atom is 0.254 e. The molecule has 1 fully saturated rings. The van der Waals surface area contributed by atoms with E-state index in [4.69, 9.17) is 11.6 Å². The second-order valence-electron chi connectivity index (χ2n) is 7.03. The lowest BCUT2D eigenvalue weighted by molar-refractivity contribution is 0.0778. The van der Waals surface area contributed by atoms with Crippen LogP contribution in [0.25, 0.3) is 0 Å². The maximum absolute atomic E-state index is 13.0. The highest BCUT2D eigenvalue weighted by Gasteiger charge is 2.31. The number of sulfonamides is 1. The lowest BCUT2D eigenvalue weighted by atomic mass is 10.0. The molecule has 26 heavy (non-hydrogen) atoms. The largest absolute Gasteiger partial charge is 0.335 e. The first-order valence-electron chi connectivity index (χ1n) is 8.90. The van der Waals surface area contributed by atoms with Crippen LogP contribution in [0.4, 0.5) is 0 Å². The van der Waals surface area contributed by atoms with E-state index in [1.165, 1.54) is 16.4 Å². The van der Waals surface area contributed by atoms with E-state index in [2.05, 4.69) is 6.58 Å². The Kier molecular flexibility index (Phi) is 6.88. The number of nitrogens with zero attached hydrogens (tertiary/aromatic N) is 2. The van der Waals surface area contributed by atoms with Gasteiger partial charge in [-0.1, -0.05) is 30.7 Å². The Morgan fingerprint density at radius 1 is 1.42 bits per heavy atom. The Morgan fingerprint density at radius 2 is 2.12 bits per heavy atom. The molecule has 1 amide bonds. The van der Waals surface area contributed by atoms with Crippen LogP contribution in [0, 0.1) is 5.92 Å². The minimum Gasteiger partial charge on any atom is -0.335 e. The summed E-state index contributed by atoms with van der Waals surface area (Å²) in [7, 11) is -3.72. The summed E-state index contributed by atoms with van der Waals surface area (Å²) in [4.78, 5) is 14.4. The highest BCUT2D eigenvalue weighted by atomic mass is 35.5. The smallest absolute Gasteiger partial charge is 0.254 e. The van der Waals surface area contributed by atoms with Crippen LogP contribution in [0.1, 0.15) is 44.0 Å². The van der Waals surface area contributed by atoms with Gasteiger partial charge in [0.1, 0.15) is 4.90 Å². The highest BCUT2D eigenvalue weighted by Crippen LogP contribution is 2.29. The number of halogens is 1. The molecule has 1 aliphatic rings. The molecule has 1 atom stereocenters. The SMILES string of the molecule is C=C(C)CN(CC)C(=O)c1ccc(Cl)c(S(=O)(=O)N2CCC[C@@H](C)C2)c1. The summed E-state index contributed by atoms with van der Waals surface area (Å²) < 4.78 is 27.6. The standard InChI is InChI=1S/C19H27ClN2O3S/c1-5-21(12-14(2)3)19(23)16-8-9-17(20)18(11-16)26(24,25)22-10-6-7-15(4)13-22/h8-9,11,15H,2,5-7,10,12-13H2,1,3-4H3/t15-/m1/s1. The van der Waals surface area contributed by atoms with Crippen LogP contribution in [-0.4, -0.2) is 49.7 Å². The van der Waals surface area contributed by atoms with E-state index in [1.807, 2.05) is 20.8 Å². The number of hydrogen-bond acceptors (Lipinski definition) is 3. The molecule has 0 bridgehead atoms. The number of rotatable bonds is 6. The fourth-order valence-corrected chi connectivity index (χ4v) is 5.27. The van der Waals surface area contributed by atoms with Gasteiger partial charge < -0.3 is 4.90 Å². The van der Waals surface area contributed by atoms with E-state index in [0.717, 1.165) is 18.4 Å². The summed E-state index contributed by atoms with van der Waals surface area (Å²) in [5.41, 5.74) is 1.19. The lowest BCUT2D eigenvalue weighted by Gasteiger charge is -2.30. The number of amides is 1. The number of hydrogen-bond donors (Lipinski definition) is 0. The molecule has 1 aromatic rings. The fourth-order valence-electron chi connectivity index (χ4n) is 3.17. The van der Waals surface area contributed by atoms with Crippen LogP contribution < -0.4 is 0 Å². The van der Waals surface area contributed by atoms with Gasteiger partial charge in [0.2, 0.25) is 10.0 Å². The molecule has 0 radical (unpaired) electrons. The van der Waals surface area contributed by atoms with E-state index in [-0.39, 0.29) is 15.8 Å². The van der Waals surface area contributed by atoms with Crippen molar-refractivity contribution < 1.29 is 13.2 Å². The Hall–Kier alpha value is -1.37. The first kappa shape index (κ1) is 20.9. The van der Waals surface area contributed by atoms with Gasteiger partial charge in [0.05, 0.1) is 5.02 Å². The van der Waals surface area contributed by atoms with Crippen molar-refractivity contribution in [2.75, 3.05) is 26.2 Å². The average molecular weight is 399 g/mol. The summed E-state index contributed by atoms with van der Waals surface area (Å²) in [6, 6.07) is 4.47. The molecular formula is C19H27ClN2O3S. The number of likely N-dealkylation sites (N-methyl/N-ethyl adjacent to an activating group) is 1.